The minimum atomic E-state index is 0.255. The van der Waals surface area contributed by atoms with Crippen LogP contribution in [-0.2, 0) is 4.79 Å². The topological polar surface area (TPSA) is 41.1 Å². The molecule has 0 aromatic rings. The smallest absolute Gasteiger partial charge is 0.225 e. The van der Waals surface area contributed by atoms with Crippen molar-refractivity contribution in [1.82, 2.24) is 10.6 Å². The first-order chi connectivity index (χ1) is 7.30. The molecule has 3 rings (SSSR count). The maximum Gasteiger partial charge on any atom is 0.225 e. The largest absolute Gasteiger partial charge is 0.356 e. The van der Waals surface area contributed by atoms with Gasteiger partial charge in [-0.3, -0.25) is 4.79 Å². The zero-order chi connectivity index (χ0) is 10.3. The molecule has 84 valence electrons. The fraction of sp³-hybridized carbons (Fsp3) is 0.917. The summed E-state index contributed by atoms with van der Waals surface area (Å²) in [6.07, 6.45) is 6.44. The Balaban J connectivity index is 1.57. The van der Waals surface area contributed by atoms with Crippen molar-refractivity contribution < 1.29 is 4.79 Å². The molecular formula is C12H20N2O. The molecule has 2 N–H and O–H groups in total. The Morgan fingerprint density at radius 3 is 2.80 bits per heavy atom. The number of nitrogens with one attached hydrogen (secondary N) is 2. The summed E-state index contributed by atoms with van der Waals surface area (Å²) in [5.74, 6) is 1.36. The van der Waals surface area contributed by atoms with Crippen molar-refractivity contribution in [3.05, 3.63) is 0 Å². The Morgan fingerprint density at radius 2 is 2.20 bits per heavy atom. The molecule has 2 saturated carbocycles. The van der Waals surface area contributed by atoms with E-state index in [0.29, 0.717) is 11.3 Å². The fourth-order valence-corrected chi connectivity index (χ4v) is 3.02. The maximum absolute atomic E-state index is 12.0. The highest BCUT2D eigenvalue weighted by atomic mass is 16.2. The van der Waals surface area contributed by atoms with Gasteiger partial charge in [0, 0.05) is 19.6 Å². The van der Waals surface area contributed by atoms with E-state index in [1.807, 2.05) is 0 Å². The van der Waals surface area contributed by atoms with E-state index in [9.17, 15) is 4.79 Å². The van der Waals surface area contributed by atoms with Crippen LogP contribution >= 0.6 is 0 Å². The Kier molecular flexibility index (Phi) is 2.23. The second-order valence-corrected chi connectivity index (χ2v) is 5.59. The van der Waals surface area contributed by atoms with E-state index in [-0.39, 0.29) is 5.92 Å². The molecule has 1 heterocycles. The van der Waals surface area contributed by atoms with Crippen molar-refractivity contribution in [1.29, 1.82) is 0 Å². The van der Waals surface area contributed by atoms with Gasteiger partial charge in [-0.1, -0.05) is 6.42 Å². The second kappa shape index (κ2) is 3.48. The predicted octanol–water partition coefficient (Wildman–Crippen LogP) is 0.902. The van der Waals surface area contributed by atoms with Crippen LogP contribution in [0.4, 0.5) is 0 Å². The highest BCUT2D eigenvalue weighted by Crippen LogP contribution is 2.49. The van der Waals surface area contributed by atoms with Gasteiger partial charge in [0.1, 0.15) is 0 Å². The molecular weight excluding hydrogens is 188 g/mol. The molecule has 2 aliphatic carbocycles. The van der Waals surface area contributed by atoms with Gasteiger partial charge >= 0.3 is 0 Å². The standard InChI is InChI=1S/C12H20N2O/c15-11(14-6-9-2-3-9)10-7-13-8-12(10)4-1-5-12/h9-10,13H,1-8H2,(H,14,15). The van der Waals surface area contributed by atoms with Crippen molar-refractivity contribution in [3.63, 3.8) is 0 Å². The lowest BCUT2D eigenvalue weighted by Crippen LogP contribution is -2.45. The van der Waals surface area contributed by atoms with Crippen LogP contribution in [0.15, 0.2) is 0 Å². The highest BCUT2D eigenvalue weighted by Gasteiger charge is 2.50. The molecule has 15 heavy (non-hydrogen) atoms. The normalized spacial score (nSPS) is 32.7. The van der Waals surface area contributed by atoms with Gasteiger partial charge in [-0.25, -0.2) is 0 Å². The summed E-state index contributed by atoms with van der Waals surface area (Å²) in [5.41, 5.74) is 0.341. The Labute approximate surface area is 91.0 Å². The number of amides is 1. The summed E-state index contributed by atoms with van der Waals surface area (Å²) >= 11 is 0. The Hall–Kier alpha value is -0.570. The summed E-state index contributed by atoms with van der Waals surface area (Å²) < 4.78 is 0. The molecule has 0 radical (unpaired) electrons. The van der Waals surface area contributed by atoms with Crippen molar-refractivity contribution in [2.45, 2.75) is 32.1 Å². The van der Waals surface area contributed by atoms with Crippen LogP contribution in [0.5, 0.6) is 0 Å². The van der Waals surface area contributed by atoms with Crippen molar-refractivity contribution in [3.8, 4) is 0 Å². The van der Waals surface area contributed by atoms with Crippen LogP contribution in [0.1, 0.15) is 32.1 Å². The quantitative estimate of drug-likeness (QED) is 0.723. The van der Waals surface area contributed by atoms with Gasteiger partial charge in [0.05, 0.1) is 5.92 Å². The molecule has 1 unspecified atom stereocenters. The molecule has 3 aliphatic rings. The Morgan fingerprint density at radius 1 is 1.40 bits per heavy atom. The first kappa shape index (κ1) is 9.64. The first-order valence-electron chi connectivity index (χ1n) is 6.29. The van der Waals surface area contributed by atoms with Gasteiger partial charge in [-0.2, -0.15) is 0 Å². The van der Waals surface area contributed by atoms with Crippen LogP contribution in [0.2, 0.25) is 0 Å². The SMILES string of the molecule is O=C(NCC1CC1)C1CNCC12CCC2. The number of carbonyl (C=O) groups is 1. The van der Waals surface area contributed by atoms with E-state index in [2.05, 4.69) is 10.6 Å². The molecule has 1 aliphatic heterocycles. The van der Waals surface area contributed by atoms with E-state index in [0.717, 1.165) is 25.6 Å². The average Bonchev–Trinajstić information content (AvgIpc) is 2.88. The lowest BCUT2D eigenvalue weighted by Gasteiger charge is -2.41. The van der Waals surface area contributed by atoms with E-state index in [4.69, 9.17) is 0 Å². The first-order valence-corrected chi connectivity index (χ1v) is 6.29. The number of hydrogen-bond acceptors (Lipinski definition) is 2. The summed E-state index contributed by atoms with van der Waals surface area (Å²) in [6.45, 7) is 2.89. The minimum absolute atomic E-state index is 0.255. The van der Waals surface area contributed by atoms with E-state index in [1.54, 1.807) is 0 Å². The van der Waals surface area contributed by atoms with Gasteiger partial charge in [-0.05, 0) is 37.0 Å². The highest BCUT2D eigenvalue weighted by molar-refractivity contribution is 5.80. The summed E-state index contributed by atoms with van der Waals surface area (Å²) in [5, 5.41) is 6.52. The molecule has 1 atom stereocenters. The molecule has 1 amide bonds. The molecule has 1 spiro atoms. The van der Waals surface area contributed by atoms with Crippen LogP contribution in [-0.4, -0.2) is 25.5 Å². The lowest BCUT2D eigenvalue weighted by atomic mass is 9.62. The molecule has 3 nitrogen and oxygen atoms in total. The Bertz CT molecular complexity index is 269. The molecule has 3 heteroatoms. The minimum Gasteiger partial charge on any atom is -0.356 e. The third-order valence-corrected chi connectivity index (χ3v) is 4.49. The summed E-state index contributed by atoms with van der Waals surface area (Å²) in [4.78, 5) is 12.0. The number of carbonyl (C=O) groups excluding carboxylic acids is 1. The van der Waals surface area contributed by atoms with E-state index in [1.165, 1.54) is 32.1 Å². The van der Waals surface area contributed by atoms with Crippen LogP contribution in [0, 0.1) is 17.3 Å². The molecule has 1 saturated heterocycles. The van der Waals surface area contributed by atoms with Gasteiger partial charge in [0.2, 0.25) is 5.91 Å². The third kappa shape index (κ3) is 1.67. The van der Waals surface area contributed by atoms with Gasteiger partial charge in [0.25, 0.3) is 0 Å². The lowest BCUT2D eigenvalue weighted by molar-refractivity contribution is -0.129. The number of hydrogen-bond donors (Lipinski definition) is 2. The molecule has 0 aromatic heterocycles. The molecule has 3 fully saturated rings. The van der Waals surface area contributed by atoms with Crippen LogP contribution in [0.25, 0.3) is 0 Å². The molecule has 0 aromatic carbocycles. The third-order valence-electron chi connectivity index (χ3n) is 4.49. The van der Waals surface area contributed by atoms with Gasteiger partial charge < -0.3 is 10.6 Å². The van der Waals surface area contributed by atoms with Crippen molar-refractivity contribution in [2.75, 3.05) is 19.6 Å². The number of rotatable bonds is 3. The van der Waals surface area contributed by atoms with Crippen molar-refractivity contribution >= 4 is 5.91 Å². The monoisotopic (exact) mass is 208 g/mol. The predicted molar refractivity (Wildman–Crippen MR) is 58.4 cm³/mol. The van der Waals surface area contributed by atoms with Crippen LogP contribution < -0.4 is 10.6 Å². The van der Waals surface area contributed by atoms with Gasteiger partial charge in [0.15, 0.2) is 0 Å². The molecule has 0 bridgehead atoms. The summed E-state index contributed by atoms with van der Waals surface area (Å²) in [7, 11) is 0. The fourth-order valence-electron chi connectivity index (χ4n) is 3.02. The summed E-state index contributed by atoms with van der Waals surface area (Å²) in [6, 6.07) is 0. The maximum atomic E-state index is 12.0. The second-order valence-electron chi connectivity index (χ2n) is 5.59. The zero-order valence-electron chi connectivity index (χ0n) is 9.22. The van der Waals surface area contributed by atoms with E-state index < -0.39 is 0 Å². The van der Waals surface area contributed by atoms with Gasteiger partial charge in [-0.15, -0.1) is 0 Å². The van der Waals surface area contributed by atoms with Crippen molar-refractivity contribution in [2.24, 2.45) is 17.3 Å². The average molecular weight is 208 g/mol. The zero-order valence-corrected chi connectivity index (χ0v) is 9.22. The van der Waals surface area contributed by atoms with Crippen LogP contribution in [0.3, 0.4) is 0 Å². The van der Waals surface area contributed by atoms with E-state index >= 15 is 0 Å².